The molecule has 1 heterocycles. The van der Waals surface area contributed by atoms with Crippen LogP contribution in [0.15, 0.2) is 42.5 Å². The summed E-state index contributed by atoms with van der Waals surface area (Å²) in [4.78, 5) is 27.1. The van der Waals surface area contributed by atoms with Crippen LogP contribution in [0.1, 0.15) is 5.56 Å². The van der Waals surface area contributed by atoms with Crippen molar-refractivity contribution in [2.75, 3.05) is 42.9 Å². The molecule has 0 radical (unpaired) electrons. The monoisotopic (exact) mass is 388 g/mol. The number of nitrogens with one attached hydrogen (secondary N) is 1. The molecule has 0 bridgehead atoms. The van der Waals surface area contributed by atoms with Gasteiger partial charge in [-0.05, 0) is 30.7 Å². The minimum Gasteiger partial charge on any atom is -0.369 e. The number of benzene rings is 2. The highest BCUT2D eigenvalue weighted by atomic mass is 35.5. The molecule has 142 valence electrons. The molecule has 27 heavy (non-hydrogen) atoms. The lowest BCUT2D eigenvalue weighted by molar-refractivity contribution is -0.383. The number of nitro benzene ring substituents is 1. The molecule has 0 saturated carbocycles. The summed E-state index contributed by atoms with van der Waals surface area (Å²) >= 11 is 6.11. The highest BCUT2D eigenvalue weighted by Gasteiger charge is 2.21. The topological polar surface area (TPSA) is 78.7 Å². The SMILES string of the molecule is Cc1ccc(Cl)cc1N1CCN(CC(=O)Nc2ccccc2[N+](=O)[O-])CC1. The minimum absolute atomic E-state index is 0.105. The summed E-state index contributed by atoms with van der Waals surface area (Å²) in [6.07, 6.45) is 0. The second-order valence-corrected chi connectivity index (χ2v) is 6.95. The number of para-hydroxylation sites is 2. The quantitative estimate of drug-likeness (QED) is 0.628. The van der Waals surface area contributed by atoms with Gasteiger partial charge in [-0.1, -0.05) is 29.8 Å². The molecule has 1 saturated heterocycles. The van der Waals surface area contributed by atoms with E-state index in [9.17, 15) is 14.9 Å². The van der Waals surface area contributed by atoms with E-state index in [1.54, 1.807) is 12.1 Å². The summed E-state index contributed by atoms with van der Waals surface area (Å²) in [7, 11) is 0. The summed E-state index contributed by atoms with van der Waals surface area (Å²) in [6, 6.07) is 12.0. The maximum atomic E-state index is 12.3. The lowest BCUT2D eigenvalue weighted by Gasteiger charge is -2.36. The molecule has 0 aromatic heterocycles. The van der Waals surface area contributed by atoms with E-state index in [2.05, 4.69) is 17.1 Å². The van der Waals surface area contributed by atoms with Gasteiger partial charge in [0.2, 0.25) is 5.91 Å². The predicted molar refractivity (Wildman–Crippen MR) is 107 cm³/mol. The Morgan fingerprint density at radius 1 is 1.19 bits per heavy atom. The smallest absolute Gasteiger partial charge is 0.292 e. The average Bonchev–Trinajstić information content (AvgIpc) is 2.64. The average molecular weight is 389 g/mol. The zero-order valence-corrected chi connectivity index (χ0v) is 15.8. The number of anilines is 2. The third kappa shape index (κ3) is 4.75. The second kappa shape index (κ2) is 8.37. The minimum atomic E-state index is -0.498. The Morgan fingerprint density at radius 3 is 2.59 bits per heavy atom. The number of rotatable bonds is 5. The number of hydrogen-bond acceptors (Lipinski definition) is 5. The summed E-state index contributed by atoms with van der Waals surface area (Å²) < 4.78 is 0. The molecular formula is C19H21ClN4O3. The molecule has 1 N–H and O–H groups in total. The highest BCUT2D eigenvalue weighted by Crippen LogP contribution is 2.26. The van der Waals surface area contributed by atoms with Gasteiger partial charge in [0.05, 0.1) is 11.5 Å². The first-order valence-corrected chi connectivity index (χ1v) is 9.08. The number of hydrogen-bond donors (Lipinski definition) is 1. The van der Waals surface area contributed by atoms with Gasteiger partial charge in [-0.2, -0.15) is 0 Å². The Kier molecular flexibility index (Phi) is 5.93. The molecule has 0 spiro atoms. The van der Waals surface area contributed by atoms with Crippen molar-refractivity contribution in [2.24, 2.45) is 0 Å². The summed E-state index contributed by atoms with van der Waals surface area (Å²) in [5, 5.41) is 14.4. The van der Waals surface area contributed by atoms with Gasteiger partial charge < -0.3 is 10.2 Å². The van der Waals surface area contributed by atoms with E-state index in [-0.39, 0.29) is 23.8 Å². The molecule has 0 aliphatic carbocycles. The lowest BCUT2D eigenvalue weighted by Crippen LogP contribution is -2.48. The van der Waals surface area contributed by atoms with Gasteiger partial charge in [0.1, 0.15) is 5.69 Å². The number of piperazine rings is 1. The number of nitro groups is 1. The Morgan fingerprint density at radius 2 is 1.89 bits per heavy atom. The van der Waals surface area contributed by atoms with E-state index >= 15 is 0 Å². The molecule has 0 unspecified atom stereocenters. The van der Waals surface area contributed by atoms with Crippen LogP contribution >= 0.6 is 11.6 Å². The molecule has 1 aliphatic rings. The van der Waals surface area contributed by atoms with Gasteiger partial charge in [-0.3, -0.25) is 19.8 Å². The molecular weight excluding hydrogens is 368 g/mol. The van der Waals surface area contributed by atoms with Crippen molar-refractivity contribution in [3.05, 3.63) is 63.2 Å². The largest absolute Gasteiger partial charge is 0.369 e. The number of carbonyl (C=O) groups excluding carboxylic acids is 1. The summed E-state index contributed by atoms with van der Waals surface area (Å²) in [5.41, 5.74) is 2.40. The molecule has 2 aromatic carbocycles. The first-order chi connectivity index (χ1) is 12.9. The third-order valence-corrected chi connectivity index (χ3v) is 4.86. The lowest BCUT2D eigenvalue weighted by atomic mass is 10.1. The van der Waals surface area contributed by atoms with E-state index in [1.165, 1.54) is 17.7 Å². The zero-order valence-electron chi connectivity index (χ0n) is 15.0. The first kappa shape index (κ1) is 19.1. The maximum absolute atomic E-state index is 12.3. The zero-order chi connectivity index (χ0) is 19.4. The van der Waals surface area contributed by atoms with E-state index in [0.29, 0.717) is 5.02 Å². The van der Waals surface area contributed by atoms with Crippen molar-refractivity contribution >= 4 is 34.6 Å². The molecule has 2 aromatic rings. The van der Waals surface area contributed by atoms with Gasteiger partial charge in [-0.15, -0.1) is 0 Å². The van der Waals surface area contributed by atoms with Crippen LogP contribution in [0.2, 0.25) is 5.02 Å². The highest BCUT2D eigenvalue weighted by molar-refractivity contribution is 6.30. The van der Waals surface area contributed by atoms with Crippen LogP contribution in [0.4, 0.5) is 17.1 Å². The van der Waals surface area contributed by atoms with Crippen LogP contribution in [-0.4, -0.2) is 48.5 Å². The van der Waals surface area contributed by atoms with Crippen molar-refractivity contribution in [3.8, 4) is 0 Å². The number of aryl methyl sites for hydroxylation is 1. The van der Waals surface area contributed by atoms with Gasteiger partial charge in [0.25, 0.3) is 5.69 Å². The Hall–Kier alpha value is -2.64. The van der Waals surface area contributed by atoms with E-state index in [4.69, 9.17) is 11.6 Å². The molecule has 8 heteroatoms. The van der Waals surface area contributed by atoms with Crippen LogP contribution in [0, 0.1) is 17.0 Å². The van der Waals surface area contributed by atoms with Crippen LogP contribution < -0.4 is 10.2 Å². The van der Waals surface area contributed by atoms with Crippen molar-refractivity contribution in [3.63, 3.8) is 0 Å². The Balaban J connectivity index is 1.56. The fraction of sp³-hybridized carbons (Fsp3) is 0.316. The molecule has 7 nitrogen and oxygen atoms in total. The maximum Gasteiger partial charge on any atom is 0.292 e. The second-order valence-electron chi connectivity index (χ2n) is 6.52. The van der Waals surface area contributed by atoms with Crippen LogP contribution in [0.25, 0.3) is 0 Å². The fourth-order valence-electron chi connectivity index (χ4n) is 3.20. The third-order valence-electron chi connectivity index (χ3n) is 4.63. The van der Waals surface area contributed by atoms with Crippen molar-refractivity contribution in [1.29, 1.82) is 0 Å². The summed E-state index contributed by atoms with van der Waals surface area (Å²) in [6.45, 7) is 5.30. The van der Waals surface area contributed by atoms with Crippen LogP contribution in [0.5, 0.6) is 0 Å². The van der Waals surface area contributed by atoms with Gasteiger partial charge in [-0.25, -0.2) is 0 Å². The number of amides is 1. The van der Waals surface area contributed by atoms with E-state index in [0.717, 1.165) is 31.9 Å². The number of nitrogens with zero attached hydrogens (tertiary/aromatic N) is 3. The number of halogens is 1. The van der Waals surface area contributed by atoms with E-state index in [1.807, 2.05) is 23.1 Å². The van der Waals surface area contributed by atoms with Crippen molar-refractivity contribution in [2.45, 2.75) is 6.92 Å². The summed E-state index contributed by atoms with van der Waals surface area (Å²) in [5.74, 6) is -0.253. The Bertz CT molecular complexity index is 851. The normalized spacial score (nSPS) is 14.8. The van der Waals surface area contributed by atoms with Gasteiger partial charge in [0, 0.05) is 43.0 Å². The first-order valence-electron chi connectivity index (χ1n) is 8.71. The van der Waals surface area contributed by atoms with Crippen molar-refractivity contribution in [1.82, 2.24) is 4.90 Å². The molecule has 1 aliphatic heterocycles. The van der Waals surface area contributed by atoms with Crippen LogP contribution in [0.3, 0.4) is 0 Å². The van der Waals surface area contributed by atoms with Gasteiger partial charge >= 0.3 is 0 Å². The Labute approximate surface area is 162 Å². The molecule has 0 atom stereocenters. The van der Waals surface area contributed by atoms with Gasteiger partial charge in [0.15, 0.2) is 0 Å². The van der Waals surface area contributed by atoms with Crippen molar-refractivity contribution < 1.29 is 9.72 Å². The molecule has 1 fully saturated rings. The van der Waals surface area contributed by atoms with Crippen LogP contribution in [-0.2, 0) is 4.79 Å². The van der Waals surface area contributed by atoms with E-state index < -0.39 is 4.92 Å². The predicted octanol–water partition coefficient (Wildman–Crippen LogP) is 3.32. The standard InChI is InChI=1S/C19H21ClN4O3/c1-14-6-7-15(20)12-18(14)23-10-8-22(9-11-23)13-19(25)21-16-4-2-3-5-17(16)24(26)27/h2-7,12H,8-11,13H2,1H3,(H,21,25). The molecule has 1 amide bonds. The fourth-order valence-corrected chi connectivity index (χ4v) is 3.37. The number of carbonyl (C=O) groups is 1. The molecule has 3 rings (SSSR count).